The summed E-state index contributed by atoms with van der Waals surface area (Å²) in [6, 6.07) is 8.80. The van der Waals surface area contributed by atoms with Gasteiger partial charge in [-0.2, -0.15) is 0 Å². The molecule has 1 saturated heterocycles. The first-order valence-corrected chi connectivity index (χ1v) is 7.93. The molecule has 2 atom stereocenters. The second kappa shape index (κ2) is 7.94. The molecule has 1 aromatic rings. The van der Waals surface area contributed by atoms with Gasteiger partial charge in [-0.1, -0.05) is 37.3 Å². The second-order valence-corrected chi connectivity index (χ2v) is 5.95. The molecule has 0 spiro atoms. The molecule has 1 aliphatic rings. The number of amides is 3. The Morgan fingerprint density at radius 2 is 1.91 bits per heavy atom. The van der Waals surface area contributed by atoms with Gasteiger partial charge in [-0.15, -0.1) is 0 Å². The molecule has 0 unspecified atom stereocenters. The van der Waals surface area contributed by atoms with E-state index >= 15 is 0 Å². The van der Waals surface area contributed by atoms with Gasteiger partial charge in [0.2, 0.25) is 5.91 Å². The summed E-state index contributed by atoms with van der Waals surface area (Å²) in [5, 5.41) is 4.86. The fourth-order valence-corrected chi connectivity index (χ4v) is 2.95. The molecule has 2 rings (SSSR count). The van der Waals surface area contributed by atoms with E-state index in [9.17, 15) is 9.59 Å². The summed E-state index contributed by atoms with van der Waals surface area (Å²) >= 11 is 0. The van der Waals surface area contributed by atoms with Gasteiger partial charge in [0.1, 0.15) is 6.04 Å². The maximum absolute atomic E-state index is 12.6. The fraction of sp³-hybridized carbons (Fsp3) is 0.529. The fourth-order valence-electron chi connectivity index (χ4n) is 2.95. The highest BCUT2D eigenvalue weighted by Gasteiger charge is 2.29. The molecule has 1 aliphatic heterocycles. The van der Waals surface area contributed by atoms with Crippen LogP contribution in [-0.4, -0.2) is 37.0 Å². The lowest BCUT2D eigenvalue weighted by Crippen LogP contribution is -2.46. The van der Waals surface area contributed by atoms with Crippen molar-refractivity contribution in [1.82, 2.24) is 15.5 Å². The zero-order valence-corrected chi connectivity index (χ0v) is 13.3. The van der Waals surface area contributed by atoms with Crippen molar-refractivity contribution in [2.75, 3.05) is 20.1 Å². The zero-order valence-electron chi connectivity index (χ0n) is 13.3. The SMILES string of the molecule is CNC(=O)NC(=O)[C@H](c1ccccc1)N1CCC[C@@H](C)CC1. The van der Waals surface area contributed by atoms with Gasteiger partial charge in [0.15, 0.2) is 0 Å². The maximum atomic E-state index is 12.6. The third-order valence-electron chi connectivity index (χ3n) is 4.24. The van der Waals surface area contributed by atoms with Crippen molar-refractivity contribution < 1.29 is 9.59 Å². The molecule has 0 saturated carbocycles. The van der Waals surface area contributed by atoms with Crippen molar-refractivity contribution in [1.29, 1.82) is 0 Å². The van der Waals surface area contributed by atoms with E-state index in [0.29, 0.717) is 5.92 Å². The Morgan fingerprint density at radius 1 is 1.18 bits per heavy atom. The molecule has 2 N–H and O–H groups in total. The maximum Gasteiger partial charge on any atom is 0.321 e. The normalized spacial score (nSPS) is 20.7. The topological polar surface area (TPSA) is 61.4 Å². The summed E-state index contributed by atoms with van der Waals surface area (Å²) in [5.74, 6) is 0.420. The molecule has 0 radical (unpaired) electrons. The molecule has 120 valence electrons. The Hall–Kier alpha value is -1.88. The first-order valence-electron chi connectivity index (χ1n) is 7.93. The molecule has 22 heavy (non-hydrogen) atoms. The van der Waals surface area contributed by atoms with Crippen LogP contribution in [0.15, 0.2) is 30.3 Å². The largest absolute Gasteiger partial charge is 0.341 e. The number of hydrogen-bond donors (Lipinski definition) is 2. The smallest absolute Gasteiger partial charge is 0.321 e. The highest BCUT2D eigenvalue weighted by atomic mass is 16.2. The van der Waals surface area contributed by atoms with E-state index in [0.717, 1.165) is 31.5 Å². The standard InChI is InChI=1S/C17H25N3O2/c1-13-7-6-11-20(12-10-13)15(14-8-4-3-5-9-14)16(21)19-17(22)18-2/h3-5,8-9,13,15H,6-7,10-12H2,1-2H3,(H2,18,19,21,22)/t13-,15+/m1/s1. The van der Waals surface area contributed by atoms with Gasteiger partial charge in [-0.3, -0.25) is 15.0 Å². The monoisotopic (exact) mass is 303 g/mol. The molecule has 0 aliphatic carbocycles. The second-order valence-electron chi connectivity index (χ2n) is 5.95. The van der Waals surface area contributed by atoms with Crippen molar-refractivity contribution in [2.24, 2.45) is 5.92 Å². The predicted octanol–water partition coefficient (Wildman–Crippen LogP) is 2.31. The number of benzene rings is 1. The summed E-state index contributed by atoms with van der Waals surface area (Å²) in [7, 11) is 1.51. The molecule has 1 aromatic carbocycles. The summed E-state index contributed by atoms with van der Waals surface area (Å²) < 4.78 is 0. The highest BCUT2D eigenvalue weighted by Crippen LogP contribution is 2.26. The number of rotatable bonds is 3. The lowest BCUT2D eigenvalue weighted by molar-refractivity contribution is -0.125. The molecule has 0 aromatic heterocycles. The quantitative estimate of drug-likeness (QED) is 0.901. The molecule has 3 amide bonds. The van der Waals surface area contributed by atoms with Crippen LogP contribution in [0.3, 0.4) is 0 Å². The lowest BCUT2D eigenvalue weighted by atomic mass is 10.0. The van der Waals surface area contributed by atoms with Crippen molar-refractivity contribution >= 4 is 11.9 Å². The van der Waals surface area contributed by atoms with E-state index in [-0.39, 0.29) is 5.91 Å². The molecular weight excluding hydrogens is 278 g/mol. The van der Waals surface area contributed by atoms with Crippen LogP contribution in [0.25, 0.3) is 0 Å². The molecule has 1 heterocycles. The van der Waals surface area contributed by atoms with E-state index < -0.39 is 12.1 Å². The Kier molecular flexibility index (Phi) is 5.95. The molecular formula is C17H25N3O2. The van der Waals surface area contributed by atoms with Crippen molar-refractivity contribution in [3.63, 3.8) is 0 Å². The number of nitrogens with one attached hydrogen (secondary N) is 2. The van der Waals surface area contributed by atoms with Gasteiger partial charge < -0.3 is 5.32 Å². The number of nitrogens with zero attached hydrogens (tertiary/aromatic N) is 1. The molecule has 5 heteroatoms. The van der Waals surface area contributed by atoms with Gasteiger partial charge in [-0.05, 0) is 43.8 Å². The minimum atomic E-state index is -0.464. The van der Waals surface area contributed by atoms with Crippen LogP contribution in [0.1, 0.15) is 37.8 Å². The Morgan fingerprint density at radius 3 is 2.59 bits per heavy atom. The number of urea groups is 1. The van der Waals surface area contributed by atoms with Crippen LogP contribution in [0.2, 0.25) is 0 Å². The van der Waals surface area contributed by atoms with Crippen LogP contribution < -0.4 is 10.6 Å². The van der Waals surface area contributed by atoms with E-state index in [2.05, 4.69) is 22.5 Å². The number of carbonyl (C=O) groups is 2. The summed E-state index contributed by atoms with van der Waals surface area (Å²) in [4.78, 5) is 26.3. The van der Waals surface area contributed by atoms with Gasteiger partial charge in [0.25, 0.3) is 0 Å². The van der Waals surface area contributed by atoms with E-state index in [1.807, 2.05) is 30.3 Å². The van der Waals surface area contributed by atoms with Gasteiger partial charge >= 0.3 is 6.03 Å². The highest BCUT2D eigenvalue weighted by molar-refractivity contribution is 5.97. The molecule has 5 nitrogen and oxygen atoms in total. The minimum absolute atomic E-state index is 0.264. The predicted molar refractivity (Wildman–Crippen MR) is 86.4 cm³/mol. The lowest BCUT2D eigenvalue weighted by Gasteiger charge is -2.29. The number of hydrogen-bond acceptors (Lipinski definition) is 3. The van der Waals surface area contributed by atoms with Crippen LogP contribution in [-0.2, 0) is 4.79 Å². The Bertz CT molecular complexity index is 504. The average Bonchev–Trinajstić information content (AvgIpc) is 2.73. The third-order valence-corrected chi connectivity index (χ3v) is 4.24. The van der Waals surface area contributed by atoms with Crippen LogP contribution in [0.4, 0.5) is 4.79 Å². The van der Waals surface area contributed by atoms with E-state index in [1.54, 1.807) is 0 Å². The summed E-state index contributed by atoms with van der Waals surface area (Å²) in [6.07, 6.45) is 3.35. The summed E-state index contributed by atoms with van der Waals surface area (Å²) in [6.45, 7) is 4.01. The zero-order chi connectivity index (χ0) is 15.9. The van der Waals surface area contributed by atoms with E-state index in [4.69, 9.17) is 0 Å². The molecule has 1 fully saturated rings. The molecule has 0 bridgehead atoms. The number of imide groups is 1. The van der Waals surface area contributed by atoms with Crippen LogP contribution >= 0.6 is 0 Å². The first kappa shape index (κ1) is 16.5. The van der Waals surface area contributed by atoms with Gasteiger partial charge in [0, 0.05) is 7.05 Å². The average molecular weight is 303 g/mol. The summed E-state index contributed by atoms with van der Waals surface area (Å²) in [5.41, 5.74) is 0.929. The Balaban J connectivity index is 2.21. The van der Waals surface area contributed by atoms with Crippen molar-refractivity contribution in [3.8, 4) is 0 Å². The van der Waals surface area contributed by atoms with Crippen molar-refractivity contribution in [3.05, 3.63) is 35.9 Å². The van der Waals surface area contributed by atoms with Crippen LogP contribution in [0, 0.1) is 5.92 Å². The van der Waals surface area contributed by atoms with Crippen LogP contribution in [0.5, 0.6) is 0 Å². The van der Waals surface area contributed by atoms with Gasteiger partial charge in [-0.25, -0.2) is 4.79 Å². The number of carbonyl (C=O) groups excluding carboxylic acids is 2. The number of likely N-dealkylation sites (tertiary alicyclic amines) is 1. The Labute approximate surface area is 132 Å². The third kappa shape index (κ3) is 4.31. The first-order chi connectivity index (χ1) is 10.6. The van der Waals surface area contributed by atoms with Crippen molar-refractivity contribution in [2.45, 2.75) is 32.2 Å². The minimum Gasteiger partial charge on any atom is -0.341 e. The van der Waals surface area contributed by atoms with Gasteiger partial charge in [0.05, 0.1) is 0 Å². The van der Waals surface area contributed by atoms with E-state index in [1.165, 1.54) is 13.5 Å².